The minimum atomic E-state index is 0.618. The highest BCUT2D eigenvalue weighted by Gasteiger charge is 2.20. The zero-order chi connectivity index (χ0) is 15.1. The summed E-state index contributed by atoms with van der Waals surface area (Å²) in [6.45, 7) is 5.88. The van der Waals surface area contributed by atoms with Crippen LogP contribution in [0.1, 0.15) is 51.5 Å². The molecule has 0 saturated heterocycles. The molecule has 2 unspecified atom stereocenters. The van der Waals surface area contributed by atoms with Crippen molar-refractivity contribution in [2.45, 2.75) is 58.5 Å². The van der Waals surface area contributed by atoms with Crippen molar-refractivity contribution in [1.29, 1.82) is 0 Å². The van der Waals surface area contributed by atoms with Crippen LogP contribution in [0.5, 0.6) is 11.5 Å². The number of hydrogen-bond donors (Lipinski definition) is 1. The molecule has 1 saturated carbocycles. The van der Waals surface area contributed by atoms with E-state index in [2.05, 4.69) is 18.3 Å². The lowest BCUT2D eigenvalue weighted by Crippen LogP contribution is -2.33. The third-order valence-electron chi connectivity index (χ3n) is 4.48. The Balaban J connectivity index is 2.03. The fourth-order valence-electron chi connectivity index (χ4n) is 3.24. The number of methoxy groups -OCH3 is 1. The van der Waals surface area contributed by atoms with Gasteiger partial charge in [-0.2, -0.15) is 0 Å². The maximum Gasteiger partial charge on any atom is 0.165 e. The quantitative estimate of drug-likeness (QED) is 0.799. The average molecular weight is 291 g/mol. The summed E-state index contributed by atoms with van der Waals surface area (Å²) >= 11 is 0. The minimum absolute atomic E-state index is 0.618. The van der Waals surface area contributed by atoms with Gasteiger partial charge in [0.2, 0.25) is 0 Å². The second kappa shape index (κ2) is 8.28. The Morgan fingerprint density at radius 3 is 2.76 bits per heavy atom. The van der Waals surface area contributed by atoms with Gasteiger partial charge in [0.1, 0.15) is 0 Å². The van der Waals surface area contributed by atoms with E-state index in [1.54, 1.807) is 7.11 Å². The van der Waals surface area contributed by atoms with Gasteiger partial charge >= 0.3 is 0 Å². The summed E-state index contributed by atoms with van der Waals surface area (Å²) in [6.07, 6.45) is 6.73. The van der Waals surface area contributed by atoms with Crippen LogP contribution in [0.25, 0.3) is 0 Å². The van der Waals surface area contributed by atoms with Crippen molar-refractivity contribution in [3.63, 3.8) is 0 Å². The van der Waals surface area contributed by atoms with Crippen LogP contribution in [0.15, 0.2) is 18.2 Å². The van der Waals surface area contributed by atoms with E-state index in [0.717, 1.165) is 24.0 Å². The fraction of sp³-hybridized carbons (Fsp3) is 0.667. The molecule has 1 aliphatic carbocycles. The molecule has 1 aliphatic rings. The van der Waals surface area contributed by atoms with Crippen LogP contribution < -0.4 is 14.8 Å². The van der Waals surface area contributed by atoms with Crippen molar-refractivity contribution >= 4 is 0 Å². The van der Waals surface area contributed by atoms with Gasteiger partial charge in [0, 0.05) is 18.2 Å². The number of nitrogens with one attached hydrogen (secondary N) is 1. The summed E-state index contributed by atoms with van der Waals surface area (Å²) in [5.41, 5.74) is 1.18. The molecule has 3 nitrogen and oxygen atoms in total. The standard InChI is InChI=1S/C18H29NO2/c1-4-21-17-12-8-10-15(18(17)20-3)13-19-16-11-7-5-6-9-14(16)2/h8,10,12,14,16,19H,4-7,9,11,13H2,1-3H3. The van der Waals surface area contributed by atoms with Crippen LogP contribution in [-0.4, -0.2) is 19.8 Å². The van der Waals surface area contributed by atoms with Gasteiger partial charge in [0.05, 0.1) is 13.7 Å². The van der Waals surface area contributed by atoms with Crippen molar-refractivity contribution in [3.05, 3.63) is 23.8 Å². The van der Waals surface area contributed by atoms with E-state index in [9.17, 15) is 0 Å². The SMILES string of the molecule is CCOc1cccc(CNC2CCCCCC2C)c1OC. The number of benzene rings is 1. The molecule has 3 heteroatoms. The van der Waals surface area contributed by atoms with Crippen LogP contribution in [-0.2, 0) is 6.54 Å². The van der Waals surface area contributed by atoms with E-state index in [0.29, 0.717) is 12.6 Å². The molecular weight excluding hydrogens is 262 g/mol. The highest BCUT2D eigenvalue weighted by atomic mass is 16.5. The lowest BCUT2D eigenvalue weighted by molar-refractivity contribution is 0.306. The molecular formula is C18H29NO2. The van der Waals surface area contributed by atoms with E-state index in [-0.39, 0.29) is 0 Å². The smallest absolute Gasteiger partial charge is 0.165 e. The normalized spacial score (nSPS) is 22.6. The lowest BCUT2D eigenvalue weighted by atomic mass is 9.96. The molecule has 21 heavy (non-hydrogen) atoms. The van der Waals surface area contributed by atoms with Crippen molar-refractivity contribution in [2.75, 3.05) is 13.7 Å². The van der Waals surface area contributed by atoms with E-state index < -0.39 is 0 Å². The van der Waals surface area contributed by atoms with Crippen molar-refractivity contribution in [2.24, 2.45) is 5.92 Å². The van der Waals surface area contributed by atoms with Gasteiger partial charge < -0.3 is 14.8 Å². The molecule has 0 bridgehead atoms. The molecule has 0 radical (unpaired) electrons. The molecule has 2 rings (SSSR count). The Kier molecular flexibility index (Phi) is 6.37. The lowest BCUT2D eigenvalue weighted by Gasteiger charge is -2.23. The predicted octanol–water partition coefficient (Wildman–Crippen LogP) is 4.15. The Bertz CT molecular complexity index is 433. The molecule has 2 atom stereocenters. The molecule has 1 fully saturated rings. The number of hydrogen-bond acceptors (Lipinski definition) is 3. The summed E-state index contributed by atoms with van der Waals surface area (Å²) < 4.78 is 11.2. The Morgan fingerprint density at radius 1 is 1.19 bits per heavy atom. The van der Waals surface area contributed by atoms with Gasteiger partial charge in [-0.05, 0) is 31.7 Å². The first kappa shape index (κ1) is 16.2. The number of ether oxygens (including phenoxy) is 2. The molecule has 0 spiro atoms. The molecule has 0 amide bonds. The van der Waals surface area contributed by atoms with Gasteiger partial charge in [0.25, 0.3) is 0 Å². The second-order valence-corrected chi connectivity index (χ2v) is 5.98. The van der Waals surface area contributed by atoms with E-state index in [4.69, 9.17) is 9.47 Å². The first-order valence-corrected chi connectivity index (χ1v) is 8.28. The fourth-order valence-corrected chi connectivity index (χ4v) is 3.24. The number of para-hydroxylation sites is 1. The Hall–Kier alpha value is -1.22. The van der Waals surface area contributed by atoms with Gasteiger partial charge in [0.15, 0.2) is 11.5 Å². The molecule has 0 aliphatic heterocycles. The predicted molar refractivity (Wildman–Crippen MR) is 87.0 cm³/mol. The van der Waals surface area contributed by atoms with Gasteiger partial charge in [-0.1, -0.05) is 38.3 Å². The van der Waals surface area contributed by atoms with Crippen LogP contribution in [0.4, 0.5) is 0 Å². The van der Waals surface area contributed by atoms with Crippen molar-refractivity contribution in [1.82, 2.24) is 5.32 Å². The first-order chi connectivity index (χ1) is 10.3. The molecule has 0 heterocycles. The average Bonchev–Trinajstić information content (AvgIpc) is 2.70. The highest BCUT2D eigenvalue weighted by Crippen LogP contribution is 2.31. The summed E-state index contributed by atoms with van der Waals surface area (Å²) in [5, 5.41) is 3.74. The van der Waals surface area contributed by atoms with Gasteiger partial charge in [-0.15, -0.1) is 0 Å². The van der Waals surface area contributed by atoms with Crippen molar-refractivity contribution in [3.8, 4) is 11.5 Å². The van der Waals surface area contributed by atoms with E-state index >= 15 is 0 Å². The topological polar surface area (TPSA) is 30.5 Å². The maximum atomic E-state index is 5.65. The van der Waals surface area contributed by atoms with E-state index in [1.165, 1.54) is 37.7 Å². The molecule has 1 aromatic carbocycles. The second-order valence-electron chi connectivity index (χ2n) is 5.98. The van der Waals surface area contributed by atoms with Crippen LogP contribution in [0.3, 0.4) is 0 Å². The molecule has 1 aromatic rings. The third-order valence-corrected chi connectivity index (χ3v) is 4.48. The van der Waals surface area contributed by atoms with Gasteiger partial charge in [-0.25, -0.2) is 0 Å². The zero-order valence-corrected chi connectivity index (χ0v) is 13.7. The molecule has 0 aromatic heterocycles. The highest BCUT2D eigenvalue weighted by molar-refractivity contribution is 5.46. The third kappa shape index (κ3) is 4.37. The first-order valence-electron chi connectivity index (χ1n) is 8.28. The number of rotatable bonds is 6. The van der Waals surface area contributed by atoms with E-state index in [1.807, 2.05) is 19.1 Å². The summed E-state index contributed by atoms with van der Waals surface area (Å²) in [6, 6.07) is 6.75. The minimum Gasteiger partial charge on any atom is -0.493 e. The van der Waals surface area contributed by atoms with Gasteiger partial charge in [-0.3, -0.25) is 0 Å². The van der Waals surface area contributed by atoms with Crippen LogP contribution in [0, 0.1) is 5.92 Å². The van der Waals surface area contributed by atoms with Crippen molar-refractivity contribution < 1.29 is 9.47 Å². The summed E-state index contributed by atoms with van der Waals surface area (Å²) in [7, 11) is 1.72. The maximum absolute atomic E-state index is 5.65. The largest absolute Gasteiger partial charge is 0.493 e. The Labute approximate surface area is 129 Å². The molecule has 1 N–H and O–H groups in total. The summed E-state index contributed by atoms with van der Waals surface area (Å²) in [4.78, 5) is 0. The Morgan fingerprint density at radius 2 is 2.00 bits per heavy atom. The van der Waals surface area contributed by atoms with Crippen LogP contribution >= 0.6 is 0 Å². The summed E-state index contributed by atoms with van der Waals surface area (Å²) in [5.74, 6) is 2.47. The van der Waals surface area contributed by atoms with Crippen LogP contribution in [0.2, 0.25) is 0 Å². The monoisotopic (exact) mass is 291 g/mol. The zero-order valence-electron chi connectivity index (χ0n) is 13.7. The molecule has 118 valence electrons.